The monoisotopic (exact) mass is 264 g/mol. The minimum atomic E-state index is -1.14. The molecular formula is C12H16N4O3. The van der Waals surface area contributed by atoms with Crippen LogP contribution in [0.2, 0.25) is 0 Å². The lowest BCUT2D eigenvalue weighted by Crippen LogP contribution is -2.52. The summed E-state index contributed by atoms with van der Waals surface area (Å²) in [4.78, 5) is 28.6. The fourth-order valence-electron chi connectivity index (χ4n) is 1.82. The van der Waals surface area contributed by atoms with Crippen molar-refractivity contribution in [2.24, 2.45) is 0 Å². The Morgan fingerprint density at radius 1 is 1.32 bits per heavy atom. The predicted octanol–water partition coefficient (Wildman–Crippen LogP) is -0.328. The number of carbonyl (C=O) groups excluding carboxylic acids is 1. The molecule has 1 aromatic heterocycles. The highest BCUT2D eigenvalue weighted by Gasteiger charge is 2.17. The van der Waals surface area contributed by atoms with Gasteiger partial charge in [0.1, 0.15) is 5.69 Å². The molecule has 2 heterocycles. The second kappa shape index (κ2) is 5.77. The van der Waals surface area contributed by atoms with Crippen LogP contribution < -0.4 is 5.43 Å². The molecule has 1 saturated heterocycles. The van der Waals surface area contributed by atoms with Crippen molar-refractivity contribution in [2.75, 3.05) is 33.2 Å². The van der Waals surface area contributed by atoms with E-state index in [1.54, 1.807) is 0 Å². The number of rotatable bonds is 3. The molecule has 1 aliphatic heterocycles. The quantitative estimate of drug-likeness (QED) is 0.777. The van der Waals surface area contributed by atoms with Crippen molar-refractivity contribution in [1.82, 2.24) is 20.3 Å². The summed E-state index contributed by atoms with van der Waals surface area (Å²) in [7, 11) is 2.03. The number of carboxylic acid groups (broad SMARTS) is 1. The molecule has 0 unspecified atom stereocenters. The first-order chi connectivity index (χ1) is 9.06. The van der Waals surface area contributed by atoms with Crippen LogP contribution in [0.5, 0.6) is 0 Å². The molecule has 0 bridgehead atoms. The number of aromatic carboxylic acids is 1. The van der Waals surface area contributed by atoms with Gasteiger partial charge in [-0.15, -0.1) is 0 Å². The molecule has 7 heteroatoms. The Bertz CT molecular complexity index is 484. The maximum atomic E-state index is 12.0. The molecule has 0 aromatic carbocycles. The molecule has 1 fully saturated rings. The molecule has 0 aliphatic carbocycles. The number of nitrogens with one attached hydrogen (secondary N) is 1. The number of aromatic nitrogens is 1. The third kappa shape index (κ3) is 3.49. The van der Waals surface area contributed by atoms with Gasteiger partial charge in [-0.25, -0.2) is 14.8 Å². The summed E-state index contributed by atoms with van der Waals surface area (Å²) in [5.41, 5.74) is 2.93. The number of likely N-dealkylation sites (N-methyl/N-ethyl adjacent to an activating group) is 1. The highest BCUT2D eigenvalue weighted by atomic mass is 16.4. The van der Waals surface area contributed by atoms with Gasteiger partial charge >= 0.3 is 5.97 Å². The minimum Gasteiger partial charge on any atom is -0.477 e. The molecule has 1 amide bonds. The van der Waals surface area contributed by atoms with E-state index in [1.165, 1.54) is 18.3 Å². The van der Waals surface area contributed by atoms with Gasteiger partial charge in [-0.05, 0) is 19.2 Å². The fourth-order valence-corrected chi connectivity index (χ4v) is 1.82. The normalized spacial score (nSPS) is 17.1. The third-order valence-electron chi connectivity index (χ3n) is 3.00. The van der Waals surface area contributed by atoms with Crippen LogP contribution in [0.3, 0.4) is 0 Å². The average molecular weight is 264 g/mol. The van der Waals surface area contributed by atoms with E-state index >= 15 is 0 Å². The first-order valence-corrected chi connectivity index (χ1v) is 6.00. The zero-order chi connectivity index (χ0) is 13.8. The molecule has 1 aliphatic rings. The molecule has 0 atom stereocenters. The number of carbonyl (C=O) groups is 2. The first-order valence-electron chi connectivity index (χ1n) is 6.00. The van der Waals surface area contributed by atoms with Crippen LogP contribution in [0.4, 0.5) is 0 Å². The Hall–Kier alpha value is -1.99. The molecule has 7 nitrogen and oxygen atoms in total. The Morgan fingerprint density at radius 2 is 2.00 bits per heavy atom. The second-order valence-electron chi connectivity index (χ2n) is 4.47. The van der Waals surface area contributed by atoms with Crippen LogP contribution in [0.15, 0.2) is 18.3 Å². The van der Waals surface area contributed by atoms with Gasteiger partial charge in [0, 0.05) is 37.9 Å². The zero-order valence-corrected chi connectivity index (χ0v) is 10.7. The molecule has 0 saturated carbocycles. The minimum absolute atomic E-state index is 0.133. The molecule has 19 heavy (non-hydrogen) atoms. The fraction of sp³-hybridized carbons (Fsp3) is 0.417. The lowest BCUT2D eigenvalue weighted by molar-refractivity contribution is 0.0662. The van der Waals surface area contributed by atoms with Gasteiger partial charge < -0.3 is 10.0 Å². The van der Waals surface area contributed by atoms with E-state index < -0.39 is 5.97 Å². The second-order valence-corrected chi connectivity index (χ2v) is 4.47. The summed E-state index contributed by atoms with van der Waals surface area (Å²) in [6.07, 6.45) is 1.32. The van der Waals surface area contributed by atoms with Gasteiger partial charge in [0.15, 0.2) is 0 Å². The third-order valence-corrected chi connectivity index (χ3v) is 3.00. The molecule has 0 spiro atoms. The largest absolute Gasteiger partial charge is 0.477 e. The Kier molecular flexibility index (Phi) is 4.08. The van der Waals surface area contributed by atoms with Crippen LogP contribution in [0.25, 0.3) is 0 Å². The van der Waals surface area contributed by atoms with Crippen LogP contribution in [-0.4, -0.2) is 65.1 Å². The van der Waals surface area contributed by atoms with Crippen molar-refractivity contribution in [3.8, 4) is 0 Å². The smallest absolute Gasteiger partial charge is 0.354 e. The molecule has 1 aromatic rings. The number of hydrogen-bond donors (Lipinski definition) is 2. The number of carboxylic acids is 1. The van der Waals surface area contributed by atoms with Crippen LogP contribution >= 0.6 is 0 Å². The zero-order valence-electron chi connectivity index (χ0n) is 10.7. The van der Waals surface area contributed by atoms with Crippen molar-refractivity contribution in [3.63, 3.8) is 0 Å². The van der Waals surface area contributed by atoms with E-state index in [4.69, 9.17) is 5.11 Å². The van der Waals surface area contributed by atoms with Gasteiger partial charge in [-0.3, -0.25) is 10.2 Å². The Balaban J connectivity index is 2.00. The highest BCUT2D eigenvalue weighted by Crippen LogP contribution is 2.03. The summed E-state index contributed by atoms with van der Waals surface area (Å²) < 4.78 is 0. The van der Waals surface area contributed by atoms with Gasteiger partial charge in [-0.1, -0.05) is 0 Å². The molecule has 2 rings (SSSR count). The van der Waals surface area contributed by atoms with Crippen LogP contribution in [0.1, 0.15) is 20.8 Å². The SMILES string of the molecule is CN1CCN(NC(=O)c2ccnc(C(=O)O)c2)CC1. The molecule has 102 valence electrons. The molecule has 0 radical (unpaired) electrons. The van der Waals surface area contributed by atoms with E-state index in [0.717, 1.165) is 26.2 Å². The number of hydrogen-bond acceptors (Lipinski definition) is 5. The van der Waals surface area contributed by atoms with E-state index in [9.17, 15) is 9.59 Å². The number of hydrazine groups is 1. The summed E-state index contributed by atoms with van der Waals surface area (Å²) in [5.74, 6) is -1.45. The topological polar surface area (TPSA) is 85.8 Å². The van der Waals surface area contributed by atoms with Gasteiger partial charge in [0.05, 0.1) is 0 Å². The van der Waals surface area contributed by atoms with Crippen molar-refractivity contribution in [3.05, 3.63) is 29.6 Å². The predicted molar refractivity (Wildman–Crippen MR) is 67.7 cm³/mol. The number of nitrogens with zero attached hydrogens (tertiary/aromatic N) is 3. The molecule has 2 N–H and O–H groups in total. The number of pyridine rings is 1. The standard InChI is InChI=1S/C12H16N4O3/c1-15-4-6-16(7-5-15)14-11(17)9-2-3-13-10(8-9)12(18)19/h2-3,8H,4-7H2,1H3,(H,14,17)(H,18,19). The summed E-state index contributed by atoms with van der Waals surface area (Å²) in [6, 6.07) is 2.77. The van der Waals surface area contributed by atoms with Crippen LogP contribution in [-0.2, 0) is 0 Å². The average Bonchev–Trinajstić information content (AvgIpc) is 2.41. The molecular weight excluding hydrogens is 248 g/mol. The summed E-state index contributed by atoms with van der Waals surface area (Å²) >= 11 is 0. The Labute approximate surface area is 110 Å². The van der Waals surface area contributed by atoms with E-state index in [0.29, 0.717) is 5.56 Å². The van der Waals surface area contributed by atoms with E-state index in [-0.39, 0.29) is 11.6 Å². The maximum absolute atomic E-state index is 12.0. The Morgan fingerprint density at radius 3 is 2.63 bits per heavy atom. The van der Waals surface area contributed by atoms with E-state index in [2.05, 4.69) is 15.3 Å². The first kappa shape index (κ1) is 13.4. The van der Waals surface area contributed by atoms with Crippen molar-refractivity contribution in [1.29, 1.82) is 0 Å². The number of piperazine rings is 1. The van der Waals surface area contributed by atoms with Crippen molar-refractivity contribution < 1.29 is 14.7 Å². The van der Waals surface area contributed by atoms with Crippen LogP contribution in [0, 0.1) is 0 Å². The van der Waals surface area contributed by atoms with E-state index in [1.807, 2.05) is 12.1 Å². The van der Waals surface area contributed by atoms with Gasteiger partial charge in [-0.2, -0.15) is 0 Å². The van der Waals surface area contributed by atoms with Gasteiger partial charge in [0.25, 0.3) is 5.91 Å². The van der Waals surface area contributed by atoms with Gasteiger partial charge in [0.2, 0.25) is 0 Å². The highest BCUT2D eigenvalue weighted by molar-refractivity contribution is 5.96. The van der Waals surface area contributed by atoms with Crippen molar-refractivity contribution in [2.45, 2.75) is 0 Å². The van der Waals surface area contributed by atoms with Crippen molar-refractivity contribution >= 4 is 11.9 Å². The summed E-state index contributed by atoms with van der Waals surface area (Å²) in [6.45, 7) is 3.27. The summed E-state index contributed by atoms with van der Waals surface area (Å²) in [5, 5.41) is 10.7. The lowest BCUT2D eigenvalue weighted by atomic mass is 10.2. The maximum Gasteiger partial charge on any atom is 0.354 e. The lowest BCUT2D eigenvalue weighted by Gasteiger charge is -2.32. The number of amides is 1.